The second-order valence-electron chi connectivity index (χ2n) is 5.09. The normalized spacial score (nSPS) is 18.0. The van der Waals surface area contributed by atoms with Crippen LogP contribution < -0.4 is 10.6 Å². The predicted octanol–water partition coefficient (Wildman–Crippen LogP) is 1.78. The van der Waals surface area contributed by atoms with Gasteiger partial charge in [0.05, 0.1) is 18.5 Å². The zero-order valence-corrected chi connectivity index (χ0v) is 11.5. The molecular formula is C17H16N2O2. The molecule has 1 heterocycles. The molecule has 1 aliphatic heterocycles. The van der Waals surface area contributed by atoms with Gasteiger partial charge in [0.1, 0.15) is 0 Å². The second kappa shape index (κ2) is 5.89. The average Bonchev–Trinajstić information content (AvgIpc) is 2.84. The average molecular weight is 280 g/mol. The van der Waals surface area contributed by atoms with Crippen molar-refractivity contribution in [3.05, 3.63) is 71.8 Å². The maximum atomic E-state index is 11.8. The van der Waals surface area contributed by atoms with E-state index in [1.165, 1.54) is 0 Å². The molecule has 106 valence electrons. The van der Waals surface area contributed by atoms with Gasteiger partial charge in [0.15, 0.2) is 0 Å². The van der Waals surface area contributed by atoms with Gasteiger partial charge in [-0.1, -0.05) is 60.7 Å². The molecule has 0 saturated carbocycles. The van der Waals surface area contributed by atoms with E-state index in [-0.39, 0.29) is 24.3 Å². The third-order valence-electron chi connectivity index (χ3n) is 3.60. The van der Waals surface area contributed by atoms with Crippen LogP contribution in [-0.2, 0) is 9.59 Å². The first-order valence-electron chi connectivity index (χ1n) is 6.93. The van der Waals surface area contributed by atoms with Gasteiger partial charge >= 0.3 is 0 Å². The highest BCUT2D eigenvalue weighted by molar-refractivity contribution is 6.05. The van der Waals surface area contributed by atoms with E-state index < -0.39 is 6.04 Å². The third-order valence-corrected chi connectivity index (χ3v) is 3.60. The van der Waals surface area contributed by atoms with Crippen molar-refractivity contribution >= 4 is 11.8 Å². The van der Waals surface area contributed by atoms with Gasteiger partial charge in [0, 0.05) is 0 Å². The van der Waals surface area contributed by atoms with E-state index in [0.29, 0.717) is 0 Å². The fourth-order valence-electron chi connectivity index (χ4n) is 2.57. The molecule has 1 aliphatic rings. The van der Waals surface area contributed by atoms with Crippen molar-refractivity contribution in [3.8, 4) is 0 Å². The summed E-state index contributed by atoms with van der Waals surface area (Å²) < 4.78 is 0. The topological polar surface area (TPSA) is 58.2 Å². The summed E-state index contributed by atoms with van der Waals surface area (Å²) in [5.41, 5.74) is 2.13. The van der Waals surface area contributed by atoms with E-state index in [1.54, 1.807) is 0 Å². The zero-order chi connectivity index (χ0) is 14.7. The van der Waals surface area contributed by atoms with E-state index >= 15 is 0 Å². The number of carbonyl (C=O) groups excluding carboxylic acids is 2. The number of rotatable bonds is 4. The molecule has 1 unspecified atom stereocenters. The number of benzene rings is 2. The standard InChI is InChI=1S/C17H16N2O2/c20-15-11-14(17(21)19-15)18-16(12-7-3-1-4-8-12)13-9-5-2-6-10-13/h1-10,14,16,18H,11H2,(H,19,20,21). The van der Waals surface area contributed by atoms with Crippen molar-refractivity contribution in [3.63, 3.8) is 0 Å². The Hall–Kier alpha value is -2.46. The Balaban J connectivity index is 1.90. The summed E-state index contributed by atoms with van der Waals surface area (Å²) in [4.78, 5) is 23.1. The van der Waals surface area contributed by atoms with Crippen LogP contribution in [0, 0.1) is 0 Å². The summed E-state index contributed by atoms with van der Waals surface area (Å²) in [5.74, 6) is -0.478. The van der Waals surface area contributed by atoms with Crippen molar-refractivity contribution in [2.75, 3.05) is 0 Å². The molecule has 2 aromatic rings. The molecule has 0 aromatic heterocycles. The lowest BCUT2D eigenvalue weighted by Gasteiger charge is -2.22. The van der Waals surface area contributed by atoms with E-state index in [9.17, 15) is 9.59 Å². The fourth-order valence-corrected chi connectivity index (χ4v) is 2.57. The fraction of sp³-hybridized carbons (Fsp3) is 0.176. The van der Waals surface area contributed by atoms with Crippen molar-refractivity contribution in [2.45, 2.75) is 18.5 Å². The largest absolute Gasteiger partial charge is 0.295 e. The third kappa shape index (κ3) is 3.01. The first-order chi connectivity index (χ1) is 10.2. The Morgan fingerprint density at radius 3 is 1.86 bits per heavy atom. The van der Waals surface area contributed by atoms with Crippen LogP contribution >= 0.6 is 0 Å². The maximum absolute atomic E-state index is 11.8. The van der Waals surface area contributed by atoms with Gasteiger partial charge in [-0.3, -0.25) is 20.2 Å². The van der Waals surface area contributed by atoms with E-state index in [1.807, 2.05) is 60.7 Å². The molecule has 0 bridgehead atoms. The minimum absolute atomic E-state index is 0.117. The molecule has 2 aromatic carbocycles. The Morgan fingerprint density at radius 2 is 1.43 bits per heavy atom. The molecule has 0 aliphatic carbocycles. The van der Waals surface area contributed by atoms with Gasteiger partial charge in [-0.05, 0) is 11.1 Å². The highest BCUT2D eigenvalue weighted by Gasteiger charge is 2.32. The SMILES string of the molecule is O=C1CC(NC(c2ccccc2)c2ccccc2)C(=O)N1. The zero-order valence-electron chi connectivity index (χ0n) is 11.5. The quantitative estimate of drug-likeness (QED) is 0.839. The van der Waals surface area contributed by atoms with E-state index in [4.69, 9.17) is 0 Å². The van der Waals surface area contributed by atoms with Gasteiger partial charge in [0.25, 0.3) is 0 Å². The van der Waals surface area contributed by atoms with Crippen molar-refractivity contribution in [1.82, 2.24) is 10.6 Å². The molecule has 0 radical (unpaired) electrons. The minimum atomic E-state index is -0.483. The number of nitrogens with one attached hydrogen (secondary N) is 2. The monoisotopic (exact) mass is 280 g/mol. The summed E-state index contributed by atoms with van der Waals surface area (Å²) in [6.07, 6.45) is 0.189. The smallest absolute Gasteiger partial charge is 0.244 e. The van der Waals surface area contributed by atoms with Gasteiger partial charge < -0.3 is 0 Å². The summed E-state index contributed by atoms with van der Waals surface area (Å²) >= 11 is 0. The number of hydrogen-bond acceptors (Lipinski definition) is 3. The molecule has 21 heavy (non-hydrogen) atoms. The molecule has 0 spiro atoms. The molecule has 4 nitrogen and oxygen atoms in total. The molecule has 1 saturated heterocycles. The Kier molecular flexibility index (Phi) is 3.79. The molecule has 1 atom stereocenters. The Morgan fingerprint density at radius 1 is 0.905 bits per heavy atom. The van der Waals surface area contributed by atoms with Crippen LogP contribution in [0.4, 0.5) is 0 Å². The van der Waals surface area contributed by atoms with E-state index in [2.05, 4.69) is 10.6 Å². The Labute approximate surface area is 123 Å². The van der Waals surface area contributed by atoms with Crippen LogP contribution in [0.2, 0.25) is 0 Å². The van der Waals surface area contributed by atoms with Crippen molar-refractivity contribution in [1.29, 1.82) is 0 Å². The van der Waals surface area contributed by atoms with Gasteiger partial charge in [-0.2, -0.15) is 0 Å². The lowest BCUT2D eigenvalue weighted by atomic mass is 9.97. The molecular weight excluding hydrogens is 264 g/mol. The lowest BCUT2D eigenvalue weighted by molar-refractivity contribution is -0.125. The van der Waals surface area contributed by atoms with Crippen LogP contribution in [0.15, 0.2) is 60.7 Å². The van der Waals surface area contributed by atoms with Gasteiger partial charge in [-0.15, -0.1) is 0 Å². The highest BCUT2D eigenvalue weighted by atomic mass is 16.2. The highest BCUT2D eigenvalue weighted by Crippen LogP contribution is 2.23. The van der Waals surface area contributed by atoms with Crippen LogP contribution in [0.5, 0.6) is 0 Å². The summed E-state index contributed by atoms with van der Waals surface area (Å²) in [5, 5.41) is 5.63. The molecule has 3 rings (SSSR count). The van der Waals surface area contributed by atoms with Gasteiger partial charge in [0.2, 0.25) is 11.8 Å². The lowest BCUT2D eigenvalue weighted by Crippen LogP contribution is -2.39. The van der Waals surface area contributed by atoms with E-state index in [0.717, 1.165) is 11.1 Å². The first-order valence-corrected chi connectivity index (χ1v) is 6.93. The van der Waals surface area contributed by atoms with Crippen LogP contribution in [0.1, 0.15) is 23.6 Å². The van der Waals surface area contributed by atoms with Crippen LogP contribution in [0.3, 0.4) is 0 Å². The van der Waals surface area contributed by atoms with Crippen LogP contribution in [0.25, 0.3) is 0 Å². The molecule has 2 amide bonds. The minimum Gasteiger partial charge on any atom is -0.295 e. The maximum Gasteiger partial charge on any atom is 0.244 e. The van der Waals surface area contributed by atoms with Gasteiger partial charge in [-0.25, -0.2) is 0 Å². The predicted molar refractivity (Wildman–Crippen MR) is 79.4 cm³/mol. The number of amides is 2. The molecule has 2 N–H and O–H groups in total. The number of imide groups is 1. The summed E-state index contributed by atoms with van der Waals surface area (Å²) in [6, 6.07) is 19.2. The first kappa shape index (κ1) is 13.5. The summed E-state index contributed by atoms with van der Waals surface area (Å²) in [7, 11) is 0. The van der Waals surface area contributed by atoms with Crippen LogP contribution in [-0.4, -0.2) is 17.9 Å². The second-order valence-corrected chi connectivity index (χ2v) is 5.09. The summed E-state index contributed by atoms with van der Waals surface area (Å²) in [6.45, 7) is 0. The number of hydrogen-bond donors (Lipinski definition) is 2. The van der Waals surface area contributed by atoms with Crippen molar-refractivity contribution < 1.29 is 9.59 Å². The number of carbonyl (C=O) groups is 2. The molecule has 1 fully saturated rings. The van der Waals surface area contributed by atoms with Crippen molar-refractivity contribution in [2.24, 2.45) is 0 Å². The molecule has 4 heteroatoms. The Bertz CT molecular complexity index is 601.